The fourth-order valence-corrected chi connectivity index (χ4v) is 3.29. The number of hydrogen-bond donors (Lipinski definition) is 1. The maximum atomic E-state index is 13.2. The maximum absolute atomic E-state index is 13.2. The molecule has 148 valence electrons. The topological polar surface area (TPSA) is 67.9 Å². The van der Waals surface area contributed by atoms with Crippen molar-refractivity contribution in [1.82, 2.24) is 10.2 Å². The van der Waals surface area contributed by atoms with Gasteiger partial charge in [0.25, 0.3) is 5.91 Å². The van der Waals surface area contributed by atoms with Crippen molar-refractivity contribution in [3.63, 3.8) is 0 Å². The molecule has 28 heavy (non-hydrogen) atoms. The number of nitrogens with zero attached hydrogens (tertiary/aromatic N) is 1. The van der Waals surface area contributed by atoms with Crippen LogP contribution in [0.15, 0.2) is 48.5 Å². The van der Waals surface area contributed by atoms with Crippen molar-refractivity contribution in [1.29, 1.82) is 0 Å². The first kappa shape index (κ1) is 19.7. The Balaban J connectivity index is 1.60. The van der Waals surface area contributed by atoms with Gasteiger partial charge in [-0.15, -0.1) is 0 Å². The quantitative estimate of drug-likeness (QED) is 0.557. The van der Waals surface area contributed by atoms with E-state index in [4.69, 9.17) is 9.47 Å². The zero-order valence-corrected chi connectivity index (χ0v) is 15.9. The van der Waals surface area contributed by atoms with Gasteiger partial charge in [0.1, 0.15) is 22.9 Å². The van der Waals surface area contributed by atoms with Crippen LogP contribution in [-0.4, -0.2) is 37.1 Å². The Hall–Kier alpha value is -3.09. The van der Waals surface area contributed by atoms with Crippen LogP contribution in [0.1, 0.15) is 25.3 Å². The molecule has 1 fully saturated rings. The summed E-state index contributed by atoms with van der Waals surface area (Å²) in [5, 5.41) is 2.78. The number of benzene rings is 2. The third kappa shape index (κ3) is 3.78. The summed E-state index contributed by atoms with van der Waals surface area (Å²) in [6, 6.07) is 12.4. The number of rotatable bonds is 8. The van der Waals surface area contributed by atoms with E-state index in [0.29, 0.717) is 30.8 Å². The zero-order valence-electron chi connectivity index (χ0n) is 15.9. The molecular formula is C21H23FN2O4. The molecule has 1 aliphatic heterocycles. The van der Waals surface area contributed by atoms with Crippen LogP contribution < -0.4 is 14.8 Å². The van der Waals surface area contributed by atoms with Crippen molar-refractivity contribution >= 4 is 11.9 Å². The number of carbonyl (C=O) groups excluding carboxylic acids is 2. The van der Waals surface area contributed by atoms with Crippen LogP contribution in [0, 0.1) is 5.82 Å². The molecule has 0 aliphatic carbocycles. The lowest BCUT2D eigenvalue weighted by Crippen LogP contribution is -2.43. The largest absolute Gasteiger partial charge is 0.497 e. The van der Waals surface area contributed by atoms with E-state index in [1.807, 2.05) is 6.92 Å². The summed E-state index contributed by atoms with van der Waals surface area (Å²) in [5.41, 5.74) is -0.575. The molecule has 3 rings (SSSR count). The number of methoxy groups -OCH3 is 1. The molecule has 1 N–H and O–H groups in total. The highest BCUT2D eigenvalue weighted by atomic mass is 19.1. The summed E-state index contributed by atoms with van der Waals surface area (Å²) in [7, 11) is 1.59. The molecule has 2 aromatic rings. The number of carbonyl (C=O) groups is 2. The van der Waals surface area contributed by atoms with Crippen LogP contribution >= 0.6 is 0 Å². The Kier molecular flexibility index (Phi) is 5.82. The SMILES string of the molecule is CCC1(c2ccc(F)cc2)NC(=O)N(CCCOc2ccc(OC)cc2)C1=O. The Morgan fingerprint density at radius 1 is 1.04 bits per heavy atom. The number of nitrogens with one attached hydrogen (secondary N) is 1. The highest BCUT2D eigenvalue weighted by molar-refractivity contribution is 6.07. The van der Waals surface area contributed by atoms with E-state index in [1.165, 1.54) is 29.2 Å². The van der Waals surface area contributed by atoms with Gasteiger partial charge in [0, 0.05) is 6.54 Å². The molecule has 3 amide bonds. The highest BCUT2D eigenvalue weighted by Gasteiger charge is 2.50. The Morgan fingerprint density at radius 3 is 2.29 bits per heavy atom. The predicted octanol–water partition coefficient (Wildman–Crippen LogP) is 3.46. The van der Waals surface area contributed by atoms with Crippen molar-refractivity contribution in [2.45, 2.75) is 25.3 Å². The molecule has 1 saturated heterocycles. The standard InChI is InChI=1S/C21H23FN2O4/c1-3-21(15-5-7-16(22)8-6-15)19(25)24(20(26)23-21)13-4-14-28-18-11-9-17(27-2)10-12-18/h5-12H,3-4,13-14H2,1-2H3,(H,23,26). The van der Waals surface area contributed by atoms with Gasteiger partial charge in [-0.1, -0.05) is 19.1 Å². The smallest absolute Gasteiger partial charge is 0.325 e. The average molecular weight is 386 g/mol. The van der Waals surface area contributed by atoms with Gasteiger partial charge >= 0.3 is 6.03 Å². The second-order valence-corrected chi connectivity index (χ2v) is 6.53. The fraction of sp³-hybridized carbons (Fsp3) is 0.333. The molecule has 0 radical (unpaired) electrons. The molecular weight excluding hydrogens is 363 g/mol. The first-order valence-electron chi connectivity index (χ1n) is 9.17. The minimum Gasteiger partial charge on any atom is -0.497 e. The summed E-state index contributed by atoms with van der Waals surface area (Å²) < 4.78 is 24.0. The second kappa shape index (κ2) is 8.29. The predicted molar refractivity (Wildman–Crippen MR) is 102 cm³/mol. The minimum absolute atomic E-state index is 0.240. The molecule has 1 atom stereocenters. The molecule has 0 aromatic heterocycles. The van der Waals surface area contributed by atoms with Crippen molar-refractivity contribution in [2.75, 3.05) is 20.3 Å². The maximum Gasteiger partial charge on any atom is 0.325 e. The number of halogens is 1. The molecule has 1 heterocycles. The second-order valence-electron chi connectivity index (χ2n) is 6.53. The summed E-state index contributed by atoms with van der Waals surface area (Å²) in [6.45, 7) is 2.42. The summed E-state index contributed by atoms with van der Waals surface area (Å²) in [6.07, 6.45) is 0.871. The highest BCUT2D eigenvalue weighted by Crippen LogP contribution is 2.32. The van der Waals surface area contributed by atoms with Gasteiger partial charge in [0.05, 0.1) is 13.7 Å². The number of imide groups is 1. The summed E-state index contributed by atoms with van der Waals surface area (Å²) in [5.74, 6) is 0.714. The van der Waals surface area contributed by atoms with E-state index in [1.54, 1.807) is 31.4 Å². The van der Waals surface area contributed by atoms with Crippen molar-refractivity contribution in [3.8, 4) is 11.5 Å². The Labute approximate surface area is 163 Å². The average Bonchev–Trinajstić information content (AvgIpc) is 2.97. The van der Waals surface area contributed by atoms with Gasteiger partial charge < -0.3 is 14.8 Å². The summed E-state index contributed by atoms with van der Waals surface area (Å²) >= 11 is 0. The first-order chi connectivity index (χ1) is 13.5. The van der Waals surface area contributed by atoms with Crippen LogP contribution in [0.25, 0.3) is 0 Å². The van der Waals surface area contributed by atoms with Crippen LogP contribution in [0.3, 0.4) is 0 Å². The van der Waals surface area contributed by atoms with E-state index in [2.05, 4.69) is 5.32 Å². The number of amides is 3. The van der Waals surface area contributed by atoms with Crippen molar-refractivity contribution < 1.29 is 23.5 Å². The molecule has 0 bridgehead atoms. The van der Waals surface area contributed by atoms with E-state index in [-0.39, 0.29) is 18.3 Å². The fourth-order valence-electron chi connectivity index (χ4n) is 3.29. The monoisotopic (exact) mass is 386 g/mol. The van der Waals surface area contributed by atoms with Gasteiger partial charge in [0.15, 0.2) is 0 Å². The number of urea groups is 1. The van der Waals surface area contributed by atoms with Crippen LogP contribution in [0.4, 0.5) is 9.18 Å². The van der Waals surface area contributed by atoms with E-state index in [0.717, 1.165) is 5.75 Å². The van der Waals surface area contributed by atoms with E-state index >= 15 is 0 Å². The molecule has 1 aliphatic rings. The van der Waals surface area contributed by atoms with Crippen molar-refractivity contribution in [2.24, 2.45) is 0 Å². The van der Waals surface area contributed by atoms with Crippen LogP contribution in [0.2, 0.25) is 0 Å². The molecule has 0 spiro atoms. The zero-order chi connectivity index (χ0) is 20.1. The van der Waals surface area contributed by atoms with Crippen molar-refractivity contribution in [3.05, 3.63) is 59.9 Å². The first-order valence-corrected chi connectivity index (χ1v) is 9.17. The third-order valence-electron chi connectivity index (χ3n) is 4.90. The molecule has 7 heteroatoms. The van der Waals surface area contributed by atoms with E-state index in [9.17, 15) is 14.0 Å². The molecule has 1 unspecified atom stereocenters. The molecule has 2 aromatic carbocycles. The molecule has 0 saturated carbocycles. The minimum atomic E-state index is -1.15. The van der Waals surface area contributed by atoms with Gasteiger partial charge in [-0.05, 0) is 54.8 Å². The Morgan fingerprint density at radius 2 is 1.68 bits per heavy atom. The van der Waals surface area contributed by atoms with Crippen LogP contribution in [-0.2, 0) is 10.3 Å². The normalized spacial score (nSPS) is 18.9. The van der Waals surface area contributed by atoms with Gasteiger partial charge in [0.2, 0.25) is 0 Å². The third-order valence-corrected chi connectivity index (χ3v) is 4.90. The van der Waals surface area contributed by atoms with Crippen LogP contribution in [0.5, 0.6) is 11.5 Å². The van der Waals surface area contributed by atoms with E-state index < -0.39 is 11.6 Å². The van der Waals surface area contributed by atoms with Gasteiger partial charge in [-0.3, -0.25) is 9.69 Å². The number of hydrogen-bond acceptors (Lipinski definition) is 4. The lowest BCUT2D eigenvalue weighted by molar-refractivity contribution is -0.131. The van der Waals surface area contributed by atoms with Gasteiger partial charge in [-0.2, -0.15) is 0 Å². The van der Waals surface area contributed by atoms with Gasteiger partial charge in [-0.25, -0.2) is 9.18 Å². The lowest BCUT2D eigenvalue weighted by Gasteiger charge is -2.25. The Bertz CT molecular complexity index is 838. The summed E-state index contributed by atoms with van der Waals surface area (Å²) in [4.78, 5) is 26.6. The lowest BCUT2D eigenvalue weighted by atomic mass is 9.87. The number of ether oxygens (including phenoxy) is 2. The molecule has 6 nitrogen and oxygen atoms in total.